The minimum Gasteiger partial charge on any atom is -0.388 e. The van der Waals surface area contributed by atoms with Crippen molar-refractivity contribution in [2.75, 3.05) is 11.5 Å². The van der Waals surface area contributed by atoms with E-state index >= 15 is 0 Å². The fourth-order valence-corrected chi connectivity index (χ4v) is 3.26. The molecular weight excluding hydrogens is 192 g/mol. The van der Waals surface area contributed by atoms with Gasteiger partial charge in [0, 0.05) is 0 Å². The summed E-state index contributed by atoms with van der Waals surface area (Å²) in [5.41, 5.74) is 2.32. The first-order chi connectivity index (χ1) is 6.79. The molecule has 0 bridgehead atoms. The maximum atomic E-state index is 10.2. The third kappa shape index (κ3) is 1.96. The summed E-state index contributed by atoms with van der Waals surface area (Å²) in [4.78, 5) is 0. The van der Waals surface area contributed by atoms with Crippen molar-refractivity contribution in [1.82, 2.24) is 0 Å². The number of aryl methyl sites for hydroxylation is 1. The van der Waals surface area contributed by atoms with Crippen molar-refractivity contribution in [1.29, 1.82) is 0 Å². The summed E-state index contributed by atoms with van der Waals surface area (Å²) in [6.07, 6.45) is 0.895. The first-order valence-electron chi connectivity index (χ1n) is 5.10. The van der Waals surface area contributed by atoms with E-state index in [1.54, 1.807) is 0 Å². The molecule has 1 aliphatic rings. The Morgan fingerprint density at radius 2 is 2.21 bits per heavy atom. The summed E-state index contributed by atoms with van der Waals surface area (Å²) in [6.45, 7) is 2.07. The van der Waals surface area contributed by atoms with E-state index < -0.39 is 0 Å². The quantitative estimate of drug-likeness (QED) is 0.806. The van der Waals surface area contributed by atoms with Crippen molar-refractivity contribution in [3.8, 4) is 0 Å². The number of aliphatic hydroxyl groups excluding tert-OH is 1. The molecule has 1 heterocycles. The second-order valence-electron chi connectivity index (χ2n) is 3.93. The van der Waals surface area contributed by atoms with Crippen LogP contribution in [0.15, 0.2) is 24.3 Å². The lowest BCUT2D eigenvalue weighted by Crippen LogP contribution is -2.12. The lowest BCUT2D eigenvalue weighted by molar-refractivity contribution is 0.120. The van der Waals surface area contributed by atoms with Crippen molar-refractivity contribution in [2.24, 2.45) is 5.92 Å². The summed E-state index contributed by atoms with van der Waals surface area (Å²) in [5, 5.41) is 10.2. The van der Waals surface area contributed by atoms with Gasteiger partial charge in [0.05, 0.1) is 6.10 Å². The SMILES string of the molecule is Cc1ccccc1C(O)C1CCSC1. The highest BCUT2D eigenvalue weighted by atomic mass is 32.2. The van der Waals surface area contributed by atoms with Gasteiger partial charge in [0.15, 0.2) is 0 Å². The van der Waals surface area contributed by atoms with Crippen LogP contribution < -0.4 is 0 Å². The number of hydrogen-bond acceptors (Lipinski definition) is 2. The highest BCUT2D eigenvalue weighted by Crippen LogP contribution is 2.34. The Bertz CT molecular complexity index is 305. The molecule has 1 aliphatic heterocycles. The van der Waals surface area contributed by atoms with Crippen LogP contribution in [0.3, 0.4) is 0 Å². The highest BCUT2D eigenvalue weighted by Gasteiger charge is 2.25. The maximum absolute atomic E-state index is 10.2. The van der Waals surface area contributed by atoms with Gasteiger partial charge in [-0.2, -0.15) is 11.8 Å². The zero-order valence-corrected chi connectivity index (χ0v) is 9.26. The largest absolute Gasteiger partial charge is 0.388 e. The lowest BCUT2D eigenvalue weighted by Gasteiger charge is -2.19. The van der Waals surface area contributed by atoms with E-state index in [0.717, 1.165) is 17.7 Å². The molecule has 2 unspecified atom stereocenters. The van der Waals surface area contributed by atoms with Crippen LogP contribution in [-0.4, -0.2) is 16.6 Å². The summed E-state index contributed by atoms with van der Waals surface area (Å²) < 4.78 is 0. The molecule has 0 aromatic heterocycles. The molecule has 0 radical (unpaired) electrons. The van der Waals surface area contributed by atoms with Crippen LogP contribution in [0.5, 0.6) is 0 Å². The van der Waals surface area contributed by atoms with Gasteiger partial charge in [0.1, 0.15) is 0 Å². The molecule has 76 valence electrons. The molecule has 2 heteroatoms. The molecule has 0 amide bonds. The number of aliphatic hydroxyl groups is 1. The average molecular weight is 208 g/mol. The predicted octanol–water partition coefficient (Wildman–Crippen LogP) is 2.78. The Morgan fingerprint density at radius 3 is 2.86 bits per heavy atom. The molecule has 0 aliphatic carbocycles. The number of benzene rings is 1. The van der Waals surface area contributed by atoms with E-state index in [4.69, 9.17) is 0 Å². The topological polar surface area (TPSA) is 20.2 Å². The van der Waals surface area contributed by atoms with Gasteiger partial charge in [-0.05, 0) is 41.9 Å². The Kier molecular flexibility index (Phi) is 3.14. The monoisotopic (exact) mass is 208 g/mol. The highest BCUT2D eigenvalue weighted by molar-refractivity contribution is 7.99. The minimum atomic E-state index is -0.258. The van der Waals surface area contributed by atoms with Gasteiger partial charge in [0.2, 0.25) is 0 Å². The van der Waals surface area contributed by atoms with Gasteiger partial charge in [-0.3, -0.25) is 0 Å². The second kappa shape index (κ2) is 4.37. The molecule has 14 heavy (non-hydrogen) atoms. The Balaban J connectivity index is 2.17. The molecule has 0 spiro atoms. The van der Waals surface area contributed by atoms with E-state index in [0.29, 0.717) is 5.92 Å². The van der Waals surface area contributed by atoms with Crippen LogP contribution in [0.4, 0.5) is 0 Å². The van der Waals surface area contributed by atoms with Gasteiger partial charge < -0.3 is 5.11 Å². The van der Waals surface area contributed by atoms with E-state index in [1.165, 1.54) is 11.3 Å². The molecule has 1 N–H and O–H groups in total. The molecule has 1 nitrogen and oxygen atoms in total. The van der Waals surface area contributed by atoms with Crippen LogP contribution >= 0.6 is 11.8 Å². The molecular formula is C12H16OS. The summed E-state index contributed by atoms with van der Waals surface area (Å²) in [7, 11) is 0. The van der Waals surface area contributed by atoms with Crippen LogP contribution in [0.25, 0.3) is 0 Å². The first-order valence-corrected chi connectivity index (χ1v) is 6.26. The second-order valence-corrected chi connectivity index (χ2v) is 5.07. The molecule has 1 aromatic carbocycles. The van der Waals surface area contributed by atoms with Crippen LogP contribution in [0.2, 0.25) is 0 Å². The lowest BCUT2D eigenvalue weighted by atomic mass is 9.92. The number of rotatable bonds is 2. The Labute approximate surface area is 89.5 Å². The normalized spacial score (nSPS) is 23.7. The van der Waals surface area contributed by atoms with Gasteiger partial charge in [-0.15, -0.1) is 0 Å². The van der Waals surface area contributed by atoms with Crippen LogP contribution in [0.1, 0.15) is 23.7 Å². The first kappa shape index (κ1) is 10.1. The minimum absolute atomic E-state index is 0.258. The van der Waals surface area contributed by atoms with Gasteiger partial charge >= 0.3 is 0 Å². The average Bonchev–Trinajstić information content (AvgIpc) is 2.70. The van der Waals surface area contributed by atoms with Crippen molar-refractivity contribution in [2.45, 2.75) is 19.4 Å². The van der Waals surface area contributed by atoms with Crippen molar-refractivity contribution in [3.05, 3.63) is 35.4 Å². The Hall–Kier alpha value is -0.470. The summed E-state index contributed by atoms with van der Waals surface area (Å²) >= 11 is 1.95. The summed E-state index contributed by atoms with van der Waals surface area (Å²) in [6, 6.07) is 8.15. The van der Waals surface area contributed by atoms with E-state index in [1.807, 2.05) is 30.0 Å². The fraction of sp³-hybridized carbons (Fsp3) is 0.500. The maximum Gasteiger partial charge on any atom is 0.0828 e. The van der Waals surface area contributed by atoms with E-state index in [9.17, 15) is 5.11 Å². The smallest absolute Gasteiger partial charge is 0.0828 e. The van der Waals surface area contributed by atoms with Crippen molar-refractivity contribution in [3.63, 3.8) is 0 Å². The summed E-state index contributed by atoms with van der Waals surface area (Å²) in [5.74, 6) is 2.77. The molecule has 1 aromatic rings. The predicted molar refractivity (Wildman–Crippen MR) is 61.6 cm³/mol. The van der Waals surface area contributed by atoms with Gasteiger partial charge in [-0.1, -0.05) is 24.3 Å². The van der Waals surface area contributed by atoms with E-state index in [-0.39, 0.29) is 6.10 Å². The van der Waals surface area contributed by atoms with Crippen molar-refractivity contribution >= 4 is 11.8 Å². The standard InChI is InChI=1S/C12H16OS/c1-9-4-2-3-5-11(9)12(13)10-6-7-14-8-10/h2-5,10,12-13H,6-8H2,1H3. The number of hydrogen-bond donors (Lipinski definition) is 1. The van der Waals surface area contributed by atoms with Gasteiger partial charge in [-0.25, -0.2) is 0 Å². The third-order valence-corrected chi connectivity index (χ3v) is 4.11. The van der Waals surface area contributed by atoms with Crippen LogP contribution in [0, 0.1) is 12.8 Å². The fourth-order valence-electron chi connectivity index (χ4n) is 1.97. The zero-order valence-electron chi connectivity index (χ0n) is 8.44. The van der Waals surface area contributed by atoms with Crippen LogP contribution in [-0.2, 0) is 0 Å². The third-order valence-electron chi connectivity index (χ3n) is 2.92. The van der Waals surface area contributed by atoms with Crippen molar-refractivity contribution < 1.29 is 5.11 Å². The molecule has 1 fully saturated rings. The molecule has 2 rings (SSSR count). The molecule has 1 saturated heterocycles. The number of thioether (sulfide) groups is 1. The Morgan fingerprint density at radius 1 is 1.43 bits per heavy atom. The molecule has 0 saturated carbocycles. The van der Waals surface area contributed by atoms with E-state index in [2.05, 4.69) is 13.0 Å². The zero-order chi connectivity index (χ0) is 9.97. The van der Waals surface area contributed by atoms with Gasteiger partial charge in [0.25, 0.3) is 0 Å². The molecule has 2 atom stereocenters.